The van der Waals surface area contributed by atoms with Gasteiger partial charge in [-0.05, 0) is 30.1 Å². The van der Waals surface area contributed by atoms with Crippen LogP contribution in [-0.2, 0) is 6.42 Å². The lowest BCUT2D eigenvalue weighted by molar-refractivity contribution is 0.302. The first-order valence-electron chi connectivity index (χ1n) is 6.07. The molecular formula is C13H12N4O3. The lowest BCUT2D eigenvalue weighted by Crippen LogP contribution is -2.10. The fraction of sp³-hybridized carbons (Fsp3) is 0.154. The summed E-state index contributed by atoms with van der Waals surface area (Å²) in [6.45, 7) is 0. The van der Waals surface area contributed by atoms with Crippen molar-refractivity contribution >= 4 is 11.9 Å². The van der Waals surface area contributed by atoms with E-state index in [0.717, 1.165) is 24.2 Å². The van der Waals surface area contributed by atoms with Gasteiger partial charge < -0.3 is 10.2 Å². The van der Waals surface area contributed by atoms with Gasteiger partial charge in [0.15, 0.2) is 5.69 Å². The summed E-state index contributed by atoms with van der Waals surface area (Å²) < 4.78 is 4.69. The molecule has 3 rings (SSSR count). The number of aryl methyl sites for hydroxylation is 1. The van der Waals surface area contributed by atoms with Crippen LogP contribution in [0.1, 0.15) is 23.4 Å². The molecule has 0 aliphatic heterocycles. The number of nitrogens with one attached hydrogen (secondary N) is 1. The van der Waals surface area contributed by atoms with Crippen LogP contribution >= 0.6 is 0 Å². The molecule has 0 amide bonds. The number of hydrogen-bond donors (Lipinski definition) is 3. The molecule has 2 aromatic rings. The van der Waals surface area contributed by atoms with Crippen molar-refractivity contribution in [1.82, 2.24) is 15.7 Å². The minimum absolute atomic E-state index is 0.000844. The van der Waals surface area contributed by atoms with Crippen molar-refractivity contribution in [2.75, 3.05) is 0 Å². The summed E-state index contributed by atoms with van der Waals surface area (Å²) in [5.74, 6) is -0.0436. The summed E-state index contributed by atoms with van der Waals surface area (Å²) in [6, 6.07) is 4.29. The third-order valence-corrected chi connectivity index (χ3v) is 2.94. The molecule has 0 spiro atoms. The zero-order chi connectivity index (χ0) is 13.9. The number of aromatic hydroxyl groups is 2. The fourth-order valence-corrected chi connectivity index (χ4v) is 1.94. The maximum atomic E-state index is 9.62. The predicted molar refractivity (Wildman–Crippen MR) is 71.1 cm³/mol. The van der Waals surface area contributed by atoms with Crippen LogP contribution in [-0.4, -0.2) is 26.7 Å². The van der Waals surface area contributed by atoms with Gasteiger partial charge in [0.1, 0.15) is 17.2 Å². The molecule has 0 bridgehead atoms. The van der Waals surface area contributed by atoms with Gasteiger partial charge in [0.25, 0.3) is 0 Å². The summed E-state index contributed by atoms with van der Waals surface area (Å²) in [5.41, 5.74) is 5.52. The van der Waals surface area contributed by atoms with E-state index < -0.39 is 0 Å². The number of hydrogen-bond acceptors (Lipinski definition) is 7. The SMILES string of the molecule is Oc1ccc(C=NNC2=CCCc3nonc32)c(O)c1. The van der Waals surface area contributed by atoms with Crippen LogP contribution in [0.2, 0.25) is 0 Å². The lowest BCUT2D eigenvalue weighted by Gasteiger charge is -2.08. The van der Waals surface area contributed by atoms with Crippen molar-refractivity contribution in [3.8, 4) is 11.5 Å². The number of benzene rings is 1. The second kappa shape index (κ2) is 5.04. The number of nitrogens with zero attached hydrogens (tertiary/aromatic N) is 3. The molecule has 0 fully saturated rings. The second-order valence-corrected chi connectivity index (χ2v) is 4.33. The van der Waals surface area contributed by atoms with Gasteiger partial charge in [-0.2, -0.15) is 5.10 Å². The van der Waals surface area contributed by atoms with Crippen LogP contribution in [0.3, 0.4) is 0 Å². The molecule has 1 aromatic heterocycles. The molecule has 1 heterocycles. The first kappa shape index (κ1) is 12.2. The summed E-state index contributed by atoms with van der Waals surface area (Å²) in [6.07, 6.45) is 5.05. The highest BCUT2D eigenvalue weighted by atomic mass is 16.6. The van der Waals surface area contributed by atoms with Crippen molar-refractivity contribution in [3.63, 3.8) is 0 Å². The zero-order valence-corrected chi connectivity index (χ0v) is 10.4. The fourth-order valence-electron chi connectivity index (χ4n) is 1.94. The van der Waals surface area contributed by atoms with Gasteiger partial charge in [-0.15, -0.1) is 0 Å². The normalized spacial score (nSPS) is 14.1. The molecule has 0 saturated heterocycles. The van der Waals surface area contributed by atoms with Crippen molar-refractivity contribution in [2.45, 2.75) is 12.8 Å². The zero-order valence-electron chi connectivity index (χ0n) is 10.4. The molecule has 0 atom stereocenters. The Morgan fingerprint density at radius 2 is 2.20 bits per heavy atom. The quantitative estimate of drug-likeness (QED) is 0.576. The smallest absolute Gasteiger partial charge is 0.155 e. The number of hydrazone groups is 1. The Labute approximate surface area is 114 Å². The first-order chi connectivity index (χ1) is 9.74. The van der Waals surface area contributed by atoms with Gasteiger partial charge >= 0.3 is 0 Å². The number of aromatic nitrogens is 2. The third-order valence-electron chi connectivity index (χ3n) is 2.94. The van der Waals surface area contributed by atoms with Crippen molar-refractivity contribution in [1.29, 1.82) is 0 Å². The van der Waals surface area contributed by atoms with E-state index in [1.807, 2.05) is 6.08 Å². The Kier molecular flexibility index (Phi) is 3.08. The molecule has 0 unspecified atom stereocenters. The lowest BCUT2D eigenvalue weighted by atomic mass is 10.1. The van der Waals surface area contributed by atoms with E-state index in [2.05, 4.69) is 20.8 Å². The molecule has 7 nitrogen and oxygen atoms in total. The molecule has 0 radical (unpaired) electrons. The van der Waals surface area contributed by atoms with E-state index in [9.17, 15) is 10.2 Å². The molecule has 1 aliphatic rings. The van der Waals surface area contributed by atoms with Gasteiger partial charge in [0.05, 0.1) is 11.9 Å². The van der Waals surface area contributed by atoms with Crippen LogP contribution in [0.5, 0.6) is 11.5 Å². The molecule has 7 heteroatoms. The van der Waals surface area contributed by atoms with Crippen molar-refractivity contribution in [2.24, 2.45) is 5.10 Å². The number of phenols is 2. The monoisotopic (exact) mass is 272 g/mol. The van der Waals surface area contributed by atoms with Crippen LogP contribution in [0, 0.1) is 0 Å². The first-order valence-corrected chi connectivity index (χ1v) is 6.07. The average Bonchev–Trinajstić information content (AvgIpc) is 2.90. The second-order valence-electron chi connectivity index (χ2n) is 4.33. The van der Waals surface area contributed by atoms with Gasteiger partial charge in [-0.3, -0.25) is 5.43 Å². The van der Waals surface area contributed by atoms with Crippen molar-refractivity contribution < 1.29 is 14.8 Å². The van der Waals surface area contributed by atoms with E-state index in [1.165, 1.54) is 18.3 Å². The molecule has 3 N–H and O–H groups in total. The minimum Gasteiger partial charge on any atom is -0.508 e. The molecule has 20 heavy (non-hydrogen) atoms. The highest BCUT2D eigenvalue weighted by molar-refractivity contribution is 5.84. The van der Waals surface area contributed by atoms with Gasteiger partial charge in [-0.1, -0.05) is 11.2 Å². The van der Waals surface area contributed by atoms with Crippen LogP contribution in [0.15, 0.2) is 34.0 Å². The van der Waals surface area contributed by atoms with E-state index in [1.54, 1.807) is 6.07 Å². The Morgan fingerprint density at radius 3 is 3.05 bits per heavy atom. The van der Waals surface area contributed by atoms with E-state index in [-0.39, 0.29) is 11.5 Å². The topological polar surface area (TPSA) is 104 Å². The molecular weight excluding hydrogens is 260 g/mol. The van der Waals surface area contributed by atoms with Crippen LogP contribution in [0.4, 0.5) is 0 Å². The van der Waals surface area contributed by atoms with Crippen LogP contribution in [0.25, 0.3) is 5.70 Å². The molecule has 1 aromatic carbocycles. The molecule has 0 saturated carbocycles. The Hall–Kier alpha value is -2.83. The summed E-state index contributed by atoms with van der Waals surface area (Å²) >= 11 is 0. The number of allylic oxidation sites excluding steroid dienone is 1. The minimum atomic E-state index is -0.0445. The number of fused-ring (bicyclic) bond motifs is 1. The molecule has 1 aliphatic carbocycles. The average molecular weight is 272 g/mol. The summed E-state index contributed by atoms with van der Waals surface area (Å²) in [7, 11) is 0. The van der Waals surface area contributed by atoms with Crippen molar-refractivity contribution in [3.05, 3.63) is 41.2 Å². The number of rotatable bonds is 3. The maximum Gasteiger partial charge on any atom is 0.155 e. The Balaban J connectivity index is 1.74. The predicted octanol–water partition coefficient (Wildman–Crippen LogP) is 1.39. The third kappa shape index (κ3) is 2.33. The highest BCUT2D eigenvalue weighted by Crippen LogP contribution is 2.22. The van der Waals surface area contributed by atoms with Crippen LogP contribution < -0.4 is 5.43 Å². The van der Waals surface area contributed by atoms with E-state index in [0.29, 0.717) is 11.3 Å². The summed E-state index contributed by atoms with van der Waals surface area (Å²) in [5, 5.41) is 30.5. The largest absolute Gasteiger partial charge is 0.508 e. The van der Waals surface area contributed by atoms with Gasteiger partial charge in [-0.25, -0.2) is 4.63 Å². The van der Waals surface area contributed by atoms with Gasteiger partial charge in [0.2, 0.25) is 0 Å². The standard InChI is InChI=1S/C13H12N4O3/c18-9-5-4-8(12(19)6-9)7-14-15-10-2-1-3-11-13(10)17-20-16-11/h2,4-7,15,18-19H,1,3H2. The Morgan fingerprint density at radius 1 is 1.30 bits per heavy atom. The maximum absolute atomic E-state index is 9.62. The van der Waals surface area contributed by atoms with E-state index >= 15 is 0 Å². The highest BCUT2D eigenvalue weighted by Gasteiger charge is 2.17. The van der Waals surface area contributed by atoms with E-state index in [4.69, 9.17) is 4.63 Å². The number of phenolic OH excluding ortho intramolecular Hbond substituents is 2. The Bertz CT molecular complexity index is 691. The summed E-state index contributed by atoms with van der Waals surface area (Å²) in [4.78, 5) is 0. The van der Waals surface area contributed by atoms with Gasteiger partial charge in [0, 0.05) is 11.6 Å². The molecule has 102 valence electrons.